The summed E-state index contributed by atoms with van der Waals surface area (Å²) in [6, 6.07) is -2.26. The number of hydrogen-bond donors (Lipinski definition) is 5. The van der Waals surface area contributed by atoms with E-state index in [0.717, 1.165) is 11.4 Å². The lowest BCUT2D eigenvalue weighted by Crippen LogP contribution is -2.31. The number of carbonyl (C=O) groups is 3. The van der Waals surface area contributed by atoms with Crippen molar-refractivity contribution in [1.29, 1.82) is 0 Å². The van der Waals surface area contributed by atoms with E-state index >= 15 is 0 Å². The van der Waals surface area contributed by atoms with Crippen LogP contribution in [-0.2, 0) is 40.3 Å². The molecule has 0 aliphatic carbocycles. The molecule has 0 spiro atoms. The maximum absolute atomic E-state index is 12.0. The molecule has 20 heteroatoms. The fraction of sp³-hybridized carbons (Fsp3) is 0.680. The number of carbonyl (C=O) groups excluding carboxylic acids is 1. The van der Waals surface area contributed by atoms with E-state index in [9.17, 15) is 27.6 Å². The molecule has 3 rings (SSSR count). The van der Waals surface area contributed by atoms with Crippen LogP contribution in [0.4, 0.5) is 13.2 Å². The molecule has 8 N–H and O–H groups in total. The Bertz CT molecular complexity index is 1260. The highest BCUT2D eigenvalue weighted by Gasteiger charge is 2.22. The van der Waals surface area contributed by atoms with E-state index < -0.39 is 50.1 Å². The summed E-state index contributed by atoms with van der Waals surface area (Å²) in [6.45, 7) is 1.06. The van der Waals surface area contributed by atoms with E-state index in [1.807, 2.05) is 0 Å². The number of Topliss-reactive ketones (excluding diaryl/α,β-unsaturated/α-hetero) is 1. The Morgan fingerprint density at radius 2 is 1.42 bits per heavy atom. The quantitative estimate of drug-likeness (QED) is 0.131. The average Bonchev–Trinajstić information content (AvgIpc) is 3.75. The second kappa shape index (κ2) is 21.5. The van der Waals surface area contributed by atoms with Gasteiger partial charge in [0.05, 0.1) is 35.6 Å². The third kappa shape index (κ3) is 16.5. The average molecular weight is 645 g/mol. The minimum absolute atomic E-state index is 0.0926. The van der Waals surface area contributed by atoms with Gasteiger partial charge in [0, 0.05) is 25.2 Å². The maximum atomic E-state index is 12.0. The van der Waals surface area contributed by atoms with Gasteiger partial charge in [0.15, 0.2) is 6.54 Å². The van der Waals surface area contributed by atoms with Gasteiger partial charge in [-0.25, -0.2) is 22.5 Å². The first kappa shape index (κ1) is 38.9. The molecule has 0 saturated heterocycles. The Balaban J connectivity index is 0.000000338. The molecule has 1 aliphatic heterocycles. The molecule has 2 aromatic heterocycles. The fourth-order valence-corrected chi connectivity index (χ4v) is 3.47. The Kier molecular flexibility index (Phi) is 18.6. The SMILES string of the molecule is CC(=O)C(N)Cc1cn(CC[18F])nn1.NC(CCC1=NN=[N+](CC[18F])C1)C(=O)O.NC(CCCc1cn(CC[18F])nn1)C(=O)O. The number of halogens is 3. The monoisotopic (exact) mass is 644 g/mol. The number of ketones is 1. The summed E-state index contributed by atoms with van der Waals surface area (Å²) in [4.78, 5) is 31.7. The lowest BCUT2D eigenvalue weighted by atomic mass is 10.1. The summed E-state index contributed by atoms with van der Waals surface area (Å²) in [5.41, 5.74) is 18.3. The van der Waals surface area contributed by atoms with E-state index in [2.05, 4.69) is 30.9 Å². The molecule has 3 heterocycles. The topological polar surface area (TPSA) is 259 Å². The highest BCUT2D eigenvalue weighted by atomic mass is 18.2. The maximum Gasteiger partial charge on any atom is 0.320 e. The second-order valence-corrected chi connectivity index (χ2v) is 9.90. The number of nitrogens with two attached hydrogens (primary N) is 3. The molecule has 1 aliphatic rings. The third-order valence-corrected chi connectivity index (χ3v) is 6.10. The fourth-order valence-electron chi connectivity index (χ4n) is 3.47. The number of nitrogens with zero attached hydrogens (tertiary/aromatic N) is 9. The van der Waals surface area contributed by atoms with E-state index in [-0.39, 0.29) is 25.4 Å². The van der Waals surface area contributed by atoms with Gasteiger partial charge in [0.2, 0.25) is 5.71 Å². The summed E-state index contributed by atoms with van der Waals surface area (Å²) in [6.07, 6.45) is 6.04. The zero-order valence-electron chi connectivity index (χ0n) is 25.1. The standard InChI is InChI=1S/C9H15FN4O2.C8H13FN4O2.C8H13FN4O/c10-4-5-14-6-7(12-13-14)2-1-3-8(11)9(15)16;9-3-4-13-5-6(11-12-13)1-2-7(10)8(14)15;1-6(14)8(10)4-7-5-13(3-2-9)12-11-7/h6,8H,1-5,11H2,(H,15,16);7H,1-5,10H2;5,8H,2-4,10H2,1H3/p+1/i10-1;2*9-1. The lowest BCUT2D eigenvalue weighted by molar-refractivity contribution is -0.576. The number of rotatable bonds is 18. The molecule has 17 nitrogen and oxygen atoms in total. The molecule has 0 radical (unpaired) electrons. The molecule has 252 valence electrons. The predicted molar refractivity (Wildman–Crippen MR) is 154 cm³/mol. The van der Waals surface area contributed by atoms with Crippen molar-refractivity contribution in [2.24, 2.45) is 27.5 Å². The zero-order valence-corrected chi connectivity index (χ0v) is 25.1. The second-order valence-electron chi connectivity index (χ2n) is 9.90. The molecule has 0 saturated carbocycles. The number of aliphatic carboxylic acids is 2. The first-order valence-electron chi connectivity index (χ1n) is 14.1. The third-order valence-electron chi connectivity index (χ3n) is 6.10. The van der Waals surface area contributed by atoms with Gasteiger partial charge in [-0.05, 0) is 32.6 Å². The Hall–Kier alpha value is -4.17. The summed E-state index contributed by atoms with van der Waals surface area (Å²) < 4.78 is 40.1. The summed E-state index contributed by atoms with van der Waals surface area (Å²) in [5, 5.41) is 39.6. The van der Waals surface area contributed by atoms with E-state index in [1.165, 1.54) is 21.0 Å². The van der Waals surface area contributed by atoms with Crippen molar-refractivity contribution in [3.8, 4) is 0 Å². The van der Waals surface area contributed by atoms with Crippen molar-refractivity contribution >= 4 is 23.4 Å². The van der Waals surface area contributed by atoms with Crippen LogP contribution in [0.2, 0.25) is 0 Å². The van der Waals surface area contributed by atoms with Crippen LogP contribution in [0, 0.1) is 0 Å². The Labute approximate surface area is 257 Å². The molecule has 2 aromatic rings. The van der Waals surface area contributed by atoms with Gasteiger partial charge in [0.25, 0.3) is 0 Å². The van der Waals surface area contributed by atoms with E-state index in [0.29, 0.717) is 50.8 Å². The molecular formula is C25H42F3N12O5+. The van der Waals surface area contributed by atoms with Gasteiger partial charge in [-0.3, -0.25) is 14.4 Å². The van der Waals surface area contributed by atoms with Gasteiger partial charge in [0.1, 0.15) is 49.7 Å². The highest BCUT2D eigenvalue weighted by Crippen LogP contribution is 2.05. The minimum atomic E-state index is -1.02. The largest absolute Gasteiger partial charge is 0.480 e. The molecule has 0 aromatic carbocycles. The highest BCUT2D eigenvalue weighted by molar-refractivity contribution is 5.86. The zero-order chi connectivity index (χ0) is 33.8. The van der Waals surface area contributed by atoms with Crippen LogP contribution in [0.3, 0.4) is 0 Å². The molecule has 0 fully saturated rings. The van der Waals surface area contributed by atoms with Gasteiger partial charge in [-0.15, -0.1) is 10.2 Å². The summed E-state index contributed by atoms with van der Waals surface area (Å²) >= 11 is 0. The normalized spacial score (nSPS) is 14.2. The van der Waals surface area contributed by atoms with Gasteiger partial charge >= 0.3 is 11.9 Å². The first-order chi connectivity index (χ1) is 21.4. The predicted octanol–water partition coefficient (Wildman–Crippen LogP) is -0.329. The van der Waals surface area contributed by atoms with Crippen molar-refractivity contribution in [3.05, 3.63) is 23.8 Å². The van der Waals surface area contributed by atoms with Crippen LogP contribution < -0.4 is 17.2 Å². The van der Waals surface area contributed by atoms with Crippen molar-refractivity contribution < 1.29 is 42.5 Å². The number of aromatic nitrogens is 6. The smallest absolute Gasteiger partial charge is 0.320 e. The van der Waals surface area contributed by atoms with Gasteiger partial charge < -0.3 is 27.4 Å². The first-order valence-corrected chi connectivity index (χ1v) is 14.1. The van der Waals surface area contributed by atoms with Crippen LogP contribution in [0.1, 0.15) is 44.0 Å². The van der Waals surface area contributed by atoms with E-state index in [1.54, 1.807) is 12.4 Å². The Morgan fingerprint density at radius 1 is 0.867 bits per heavy atom. The van der Waals surface area contributed by atoms with Crippen molar-refractivity contribution in [3.63, 3.8) is 0 Å². The van der Waals surface area contributed by atoms with Crippen molar-refractivity contribution in [2.45, 2.75) is 76.7 Å². The number of alkyl halides is 3. The molecule has 45 heavy (non-hydrogen) atoms. The van der Waals surface area contributed by atoms with Crippen LogP contribution in [-0.4, -0.2) is 120 Å². The summed E-state index contributed by atoms with van der Waals surface area (Å²) in [7, 11) is 0. The van der Waals surface area contributed by atoms with Crippen LogP contribution in [0.15, 0.2) is 22.7 Å². The molecule has 3 atom stereocenters. The number of hydrogen-bond acceptors (Lipinski definition) is 12. The number of aryl methyl sites for hydroxylation is 3. The van der Waals surface area contributed by atoms with Crippen molar-refractivity contribution in [1.82, 2.24) is 30.0 Å². The Morgan fingerprint density at radius 3 is 1.96 bits per heavy atom. The molecule has 0 amide bonds. The van der Waals surface area contributed by atoms with Crippen molar-refractivity contribution in [2.75, 3.05) is 33.1 Å². The summed E-state index contributed by atoms with van der Waals surface area (Å²) in [5.74, 6) is -2.11. The minimum Gasteiger partial charge on any atom is -0.480 e. The van der Waals surface area contributed by atoms with Crippen LogP contribution in [0.5, 0.6) is 0 Å². The molecular weight excluding hydrogens is 602 g/mol. The van der Waals surface area contributed by atoms with Gasteiger partial charge in [-0.2, -0.15) is 4.70 Å². The molecule has 3 unspecified atom stereocenters. The van der Waals surface area contributed by atoms with Crippen LogP contribution >= 0.6 is 0 Å². The van der Waals surface area contributed by atoms with Gasteiger partial charge in [-0.1, -0.05) is 10.4 Å². The number of carboxylic acid groups (broad SMARTS) is 2. The number of carboxylic acids is 2. The van der Waals surface area contributed by atoms with Crippen LogP contribution in [0.25, 0.3) is 0 Å². The molecule has 0 bridgehead atoms. The lowest BCUT2D eigenvalue weighted by Gasteiger charge is -2.03. The van der Waals surface area contributed by atoms with E-state index in [4.69, 9.17) is 27.4 Å².